The second kappa shape index (κ2) is 4.97. The van der Waals surface area contributed by atoms with E-state index in [1.807, 2.05) is 0 Å². The first kappa shape index (κ1) is 13.2. The van der Waals surface area contributed by atoms with Gasteiger partial charge in [0.1, 0.15) is 5.92 Å². The van der Waals surface area contributed by atoms with E-state index in [4.69, 9.17) is 10.2 Å². The summed E-state index contributed by atoms with van der Waals surface area (Å²) >= 11 is 6.21. The summed E-state index contributed by atoms with van der Waals surface area (Å²) in [6, 6.07) is 0. The molecule has 0 aliphatic heterocycles. The predicted octanol–water partition coefficient (Wildman–Crippen LogP) is 2.66. The molecule has 4 nitrogen and oxygen atoms in total. The largest absolute Gasteiger partial charge is 0.481 e. The molecule has 1 aliphatic rings. The molecule has 0 radical (unpaired) electrons. The van der Waals surface area contributed by atoms with Gasteiger partial charge in [-0.1, -0.05) is 22.0 Å². The quantitative estimate of drug-likeness (QED) is 0.802. The van der Waals surface area contributed by atoms with E-state index in [-0.39, 0.29) is 5.57 Å². The first-order valence-electron chi connectivity index (χ1n) is 4.29. The normalized spacial score (nSPS) is 23.3. The summed E-state index contributed by atoms with van der Waals surface area (Å²) in [5.41, 5.74) is 0.469. The first-order valence-corrected chi connectivity index (χ1v) is 5.88. The van der Waals surface area contributed by atoms with Gasteiger partial charge in [-0.15, -0.1) is 0 Å². The van der Waals surface area contributed by atoms with Gasteiger partial charge in [-0.2, -0.15) is 0 Å². The molecule has 0 aromatic carbocycles. The molecule has 0 bridgehead atoms. The number of aliphatic carboxylic acids is 2. The van der Waals surface area contributed by atoms with Crippen LogP contribution in [0.25, 0.3) is 0 Å². The average Bonchev–Trinajstić information content (AvgIpc) is 2.19. The number of hydrogen-bond acceptors (Lipinski definition) is 2. The Morgan fingerprint density at radius 3 is 2.31 bits per heavy atom. The Balaban J connectivity index is 3.38. The van der Waals surface area contributed by atoms with Crippen LogP contribution in [0.5, 0.6) is 0 Å². The Bertz CT molecular complexity index is 446. The third kappa shape index (κ3) is 2.27. The molecule has 0 saturated heterocycles. The summed E-state index contributed by atoms with van der Waals surface area (Å²) < 4.78 is 0.631. The summed E-state index contributed by atoms with van der Waals surface area (Å²) in [6.07, 6.45) is 2.89. The first-order chi connectivity index (χ1) is 7.40. The number of carbonyl (C=O) groups is 2. The smallest absolute Gasteiger partial charge is 0.336 e. The van der Waals surface area contributed by atoms with Crippen molar-refractivity contribution < 1.29 is 19.8 Å². The maximum Gasteiger partial charge on any atom is 0.336 e. The number of carboxylic acid groups (broad SMARTS) is 2. The molecule has 1 aliphatic carbocycles. The summed E-state index contributed by atoms with van der Waals surface area (Å²) in [4.78, 5) is 22.0. The standard InChI is InChI=1S/C10H8Br2O4/c1-2-4-7(10(15)16)6(11)3-5(8(4)12)9(13)14/h2-3,7H,1H3,(H,13,14)(H,15,16). The van der Waals surface area contributed by atoms with Crippen molar-refractivity contribution in [1.82, 2.24) is 0 Å². The molecule has 1 atom stereocenters. The van der Waals surface area contributed by atoms with Crippen molar-refractivity contribution in [2.75, 3.05) is 0 Å². The van der Waals surface area contributed by atoms with Crippen molar-refractivity contribution in [2.45, 2.75) is 6.92 Å². The van der Waals surface area contributed by atoms with Crippen molar-refractivity contribution >= 4 is 43.8 Å². The van der Waals surface area contributed by atoms with Crippen molar-refractivity contribution in [2.24, 2.45) is 5.92 Å². The van der Waals surface area contributed by atoms with Crippen LogP contribution >= 0.6 is 31.9 Å². The Labute approximate surface area is 109 Å². The molecule has 1 rings (SSSR count). The van der Waals surface area contributed by atoms with Crippen LogP contribution in [0.1, 0.15) is 6.92 Å². The van der Waals surface area contributed by atoms with Crippen molar-refractivity contribution in [3.63, 3.8) is 0 Å². The lowest BCUT2D eigenvalue weighted by Gasteiger charge is -2.21. The van der Waals surface area contributed by atoms with Crippen molar-refractivity contribution in [1.29, 1.82) is 0 Å². The zero-order valence-corrected chi connectivity index (χ0v) is 11.4. The van der Waals surface area contributed by atoms with E-state index < -0.39 is 17.9 Å². The van der Waals surface area contributed by atoms with Crippen molar-refractivity contribution in [3.05, 3.63) is 32.3 Å². The third-order valence-electron chi connectivity index (χ3n) is 2.15. The number of hydrogen-bond donors (Lipinski definition) is 2. The van der Waals surface area contributed by atoms with Gasteiger partial charge >= 0.3 is 11.9 Å². The minimum Gasteiger partial charge on any atom is -0.481 e. The van der Waals surface area contributed by atoms with Gasteiger partial charge in [0.15, 0.2) is 0 Å². The second-order valence-electron chi connectivity index (χ2n) is 3.08. The number of halogens is 2. The van der Waals surface area contributed by atoms with Crippen LogP contribution in [0, 0.1) is 5.92 Å². The number of carboxylic acids is 2. The summed E-state index contributed by atoms with van der Waals surface area (Å²) in [5.74, 6) is -2.99. The summed E-state index contributed by atoms with van der Waals surface area (Å²) in [5, 5.41) is 18.0. The maximum absolute atomic E-state index is 11.1. The molecule has 0 amide bonds. The fourth-order valence-corrected chi connectivity index (χ4v) is 2.83. The third-order valence-corrected chi connectivity index (χ3v) is 3.72. The minimum absolute atomic E-state index is 0.0393. The van der Waals surface area contributed by atoms with Gasteiger partial charge in [-0.05, 0) is 34.5 Å². The molecule has 6 heteroatoms. The highest BCUT2D eigenvalue weighted by Gasteiger charge is 2.32. The molecule has 86 valence electrons. The van der Waals surface area contributed by atoms with Gasteiger partial charge < -0.3 is 10.2 Å². The fraction of sp³-hybridized carbons (Fsp3) is 0.200. The highest BCUT2D eigenvalue weighted by Crippen LogP contribution is 2.40. The van der Waals surface area contributed by atoms with Gasteiger partial charge in [-0.3, -0.25) is 4.79 Å². The van der Waals surface area contributed by atoms with Crippen LogP contribution in [0.3, 0.4) is 0 Å². The lowest BCUT2D eigenvalue weighted by atomic mass is 9.91. The lowest BCUT2D eigenvalue weighted by molar-refractivity contribution is -0.139. The number of rotatable bonds is 2. The summed E-state index contributed by atoms with van der Waals surface area (Å²) in [6.45, 7) is 1.66. The van der Waals surface area contributed by atoms with E-state index in [2.05, 4.69) is 31.9 Å². The van der Waals surface area contributed by atoms with Crippen LogP contribution in [-0.4, -0.2) is 22.2 Å². The molecule has 0 saturated carbocycles. The van der Waals surface area contributed by atoms with E-state index in [9.17, 15) is 9.59 Å². The monoisotopic (exact) mass is 350 g/mol. The molecular formula is C10H8Br2O4. The molecule has 0 aromatic rings. The van der Waals surface area contributed by atoms with Gasteiger partial charge in [0.2, 0.25) is 0 Å². The molecule has 0 spiro atoms. The van der Waals surface area contributed by atoms with Gasteiger partial charge in [0.25, 0.3) is 0 Å². The molecule has 0 aromatic heterocycles. The van der Waals surface area contributed by atoms with Crippen LogP contribution < -0.4 is 0 Å². The topological polar surface area (TPSA) is 74.6 Å². The molecule has 16 heavy (non-hydrogen) atoms. The average molecular weight is 352 g/mol. The molecular weight excluding hydrogens is 344 g/mol. The zero-order valence-electron chi connectivity index (χ0n) is 8.20. The minimum atomic E-state index is -1.10. The van der Waals surface area contributed by atoms with Gasteiger partial charge in [0, 0.05) is 8.96 Å². The summed E-state index contributed by atoms with van der Waals surface area (Å²) in [7, 11) is 0. The Kier molecular flexibility index (Phi) is 4.09. The van der Waals surface area contributed by atoms with Gasteiger partial charge in [0.05, 0.1) is 5.57 Å². The number of allylic oxidation sites excluding steroid dienone is 2. The van der Waals surface area contributed by atoms with Crippen molar-refractivity contribution in [3.8, 4) is 0 Å². The Morgan fingerprint density at radius 1 is 1.38 bits per heavy atom. The van der Waals surface area contributed by atoms with Crippen LogP contribution in [0.4, 0.5) is 0 Å². The van der Waals surface area contributed by atoms with E-state index in [0.29, 0.717) is 14.5 Å². The van der Waals surface area contributed by atoms with E-state index in [1.54, 1.807) is 13.0 Å². The lowest BCUT2D eigenvalue weighted by Crippen LogP contribution is -2.21. The van der Waals surface area contributed by atoms with E-state index in [0.717, 1.165) is 0 Å². The Morgan fingerprint density at radius 2 is 1.94 bits per heavy atom. The highest BCUT2D eigenvalue weighted by atomic mass is 79.9. The predicted molar refractivity (Wildman–Crippen MR) is 65.5 cm³/mol. The molecule has 0 fully saturated rings. The van der Waals surface area contributed by atoms with Crippen LogP contribution in [-0.2, 0) is 9.59 Å². The molecule has 0 heterocycles. The van der Waals surface area contributed by atoms with Crippen LogP contribution in [0.15, 0.2) is 32.3 Å². The van der Waals surface area contributed by atoms with Gasteiger partial charge in [-0.25, -0.2) is 4.79 Å². The van der Waals surface area contributed by atoms with E-state index >= 15 is 0 Å². The second-order valence-corrected chi connectivity index (χ2v) is 4.79. The SMILES string of the molecule is CC=C1C(Br)=C(C(=O)O)C=C(Br)C1C(=O)O. The fourth-order valence-electron chi connectivity index (χ4n) is 1.42. The highest BCUT2D eigenvalue weighted by molar-refractivity contribution is 9.12. The maximum atomic E-state index is 11.1. The Hall–Kier alpha value is -0.880. The van der Waals surface area contributed by atoms with E-state index in [1.165, 1.54) is 6.08 Å². The molecule has 1 unspecified atom stereocenters. The molecule has 2 N–H and O–H groups in total. The zero-order chi connectivity index (χ0) is 12.5. The van der Waals surface area contributed by atoms with Crippen LogP contribution in [0.2, 0.25) is 0 Å².